The van der Waals surface area contributed by atoms with Crippen molar-refractivity contribution in [3.8, 4) is 11.1 Å². The molecule has 0 fully saturated rings. The van der Waals surface area contributed by atoms with E-state index in [1.54, 1.807) is 19.9 Å². The summed E-state index contributed by atoms with van der Waals surface area (Å²) in [4.78, 5) is 19.7. The molecule has 2 aromatic rings. The summed E-state index contributed by atoms with van der Waals surface area (Å²) in [5, 5.41) is 3.98. The van der Waals surface area contributed by atoms with Crippen molar-refractivity contribution >= 4 is 23.7 Å². The van der Waals surface area contributed by atoms with Gasteiger partial charge in [-0.05, 0) is 79.8 Å². The van der Waals surface area contributed by atoms with Crippen LogP contribution in [0.3, 0.4) is 0 Å². The fourth-order valence-corrected chi connectivity index (χ4v) is 3.67. The Kier molecular flexibility index (Phi) is 12.6. The number of carbonyl (C=O) groups is 1. The fourth-order valence-electron chi connectivity index (χ4n) is 3.45. The molecule has 0 atom stereocenters. The number of benzene rings is 1. The molecule has 196 valence electrons. The molecule has 0 spiro atoms. The molecule has 2 heterocycles. The monoisotopic (exact) mass is 522 g/mol. The van der Waals surface area contributed by atoms with Crippen LogP contribution in [0.2, 0.25) is 5.02 Å². The molecule has 0 bridgehead atoms. The Morgan fingerprint density at radius 1 is 1.28 bits per heavy atom. The molecule has 0 aliphatic carbocycles. The summed E-state index contributed by atoms with van der Waals surface area (Å²) in [7, 11) is 0. The predicted molar refractivity (Wildman–Crippen MR) is 142 cm³/mol. The zero-order chi connectivity index (χ0) is 27.5. The van der Waals surface area contributed by atoms with Gasteiger partial charge in [0.05, 0.1) is 11.3 Å². The normalized spacial score (nSPS) is 13.2. The molecule has 0 saturated heterocycles. The number of aliphatic imine (C=N–C) groups is 1. The van der Waals surface area contributed by atoms with Crippen molar-refractivity contribution < 1.29 is 18.0 Å². The molecule has 1 amide bonds. The van der Waals surface area contributed by atoms with Crippen molar-refractivity contribution in [1.29, 1.82) is 0 Å². The Hall–Kier alpha value is -2.97. The molecule has 1 aliphatic heterocycles. The van der Waals surface area contributed by atoms with Gasteiger partial charge in [0.2, 0.25) is 0 Å². The van der Waals surface area contributed by atoms with Crippen LogP contribution in [0, 0.1) is 6.92 Å². The molecule has 0 saturated carbocycles. The third-order valence-corrected chi connectivity index (χ3v) is 5.38. The third-order valence-electron chi connectivity index (χ3n) is 5.15. The summed E-state index contributed by atoms with van der Waals surface area (Å²) >= 11 is 6.03. The Labute approximate surface area is 216 Å². The van der Waals surface area contributed by atoms with Crippen molar-refractivity contribution in [2.24, 2.45) is 10.7 Å². The van der Waals surface area contributed by atoms with Gasteiger partial charge in [0.25, 0.3) is 5.91 Å². The fraction of sp³-hybridized carbons (Fsp3) is 0.370. The van der Waals surface area contributed by atoms with Gasteiger partial charge >= 0.3 is 6.18 Å². The molecule has 5 nitrogen and oxygen atoms in total. The lowest BCUT2D eigenvalue weighted by Crippen LogP contribution is -2.27. The maximum atomic E-state index is 12.0. The van der Waals surface area contributed by atoms with Gasteiger partial charge in [0.15, 0.2) is 0 Å². The van der Waals surface area contributed by atoms with Crippen LogP contribution in [0.15, 0.2) is 53.2 Å². The van der Waals surface area contributed by atoms with E-state index in [-0.39, 0.29) is 0 Å². The summed E-state index contributed by atoms with van der Waals surface area (Å²) in [5.41, 5.74) is 10.5. The minimum absolute atomic E-state index is 0.307. The van der Waals surface area contributed by atoms with Crippen molar-refractivity contribution in [3.63, 3.8) is 0 Å². The summed E-state index contributed by atoms with van der Waals surface area (Å²) in [6, 6.07) is 7.57. The number of rotatable bonds is 5. The van der Waals surface area contributed by atoms with Crippen LogP contribution in [0.1, 0.15) is 61.4 Å². The van der Waals surface area contributed by atoms with Gasteiger partial charge in [-0.2, -0.15) is 13.2 Å². The smallest absolute Gasteiger partial charge is 0.364 e. The maximum Gasteiger partial charge on any atom is 0.415 e. The van der Waals surface area contributed by atoms with E-state index >= 15 is 0 Å². The number of nitrogens with two attached hydrogens (primary N) is 1. The summed E-state index contributed by atoms with van der Waals surface area (Å²) < 4.78 is 36.0. The summed E-state index contributed by atoms with van der Waals surface area (Å²) in [6.45, 7) is 13.9. The number of carbonyl (C=O) groups excluding carboxylic acids is 1. The van der Waals surface area contributed by atoms with Crippen molar-refractivity contribution in [3.05, 3.63) is 75.7 Å². The lowest BCUT2D eigenvalue weighted by atomic mass is 9.91. The van der Waals surface area contributed by atoms with E-state index in [9.17, 15) is 18.0 Å². The highest BCUT2D eigenvalue weighted by Gasteiger charge is 2.30. The number of allylic oxidation sites excluding steroid dienone is 3. The highest BCUT2D eigenvalue weighted by molar-refractivity contribution is 6.30. The topological polar surface area (TPSA) is 80.4 Å². The molecule has 1 aliphatic rings. The predicted octanol–water partition coefficient (Wildman–Crippen LogP) is 6.97. The number of hydrogen-bond donors (Lipinski definition) is 2. The summed E-state index contributed by atoms with van der Waals surface area (Å²) in [5.74, 6) is -0.503. The number of fused-ring (bicyclic) bond motifs is 1. The largest absolute Gasteiger partial charge is 0.415 e. The van der Waals surface area contributed by atoms with Crippen molar-refractivity contribution in [2.45, 2.75) is 60.2 Å². The molecule has 1 aromatic carbocycles. The number of alkyl halides is 3. The number of nitrogens with zero attached hydrogens (tertiary/aromatic N) is 2. The molecule has 0 radical (unpaired) electrons. The summed E-state index contributed by atoms with van der Waals surface area (Å²) in [6.07, 6.45) is -0.596. The van der Waals surface area contributed by atoms with E-state index in [0.717, 1.165) is 41.4 Å². The third kappa shape index (κ3) is 8.91. The minimum Gasteiger partial charge on any atom is -0.364 e. The zero-order valence-electron chi connectivity index (χ0n) is 21.4. The number of primary amides is 1. The highest BCUT2D eigenvalue weighted by atomic mass is 35.5. The molecule has 0 unspecified atom stereocenters. The second-order valence-corrected chi connectivity index (χ2v) is 8.07. The van der Waals surface area contributed by atoms with E-state index in [1.807, 2.05) is 39.0 Å². The van der Waals surface area contributed by atoms with Crippen LogP contribution in [0.5, 0.6) is 0 Å². The molecule has 3 rings (SSSR count). The Bertz CT molecular complexity index is 1120. The van der Waals surface area contributed by atoms with E-state index in [2.05, 4.69) is 21.9 Å². The average Bonchev–Trinajstić information content (AvgIpc) is 2.84. The standard InChI is InChI=1S/C16H16ClN3O.C9H12F3N.C2H6/c1-9-6-10(17)2-3-11(9)13-7-14(16(18)21)20-15-8-19-5-4-12(13)15;1-4-8(13-5-2)6-7(3)9(10,11)12;1-2/h2-3,6-7,19H,4-5,8H2,1H3,(H2,18,21);5-6H,3-4H2,1-2H3;1-2H3/b;8-6-,13-5?;. The first-order valence-electron chi connectivity index (χ1n) is 11.7. The van der Waals surface area contributed by atoms with Crippen LogP contribution < -0.4 is 11.1 Å². The number of aromatic nitrogens is 1. The number of halogens is 4. The Morgan fingerprint density at radius 2 is 1.94 bits per heavy atom. The quantitative estimate of drug-likeness (QED) is 0.328. The number of aryl methyl sites for hydroxylation is 1. The first kappa shape index (κ1) is 31.1. The van der Waals surface area contributed by atoms with Gasteiger partial charge in [-0.25, -0.2) is 4.98 Å². The molecule has 1 aromatic heterocycles. The minimum atomic E-state index is -4.36. The molecule has 9 heteroatoms. The Balaban J connectivity index is 0.000000375. The zero-order valence-corrected chi connectivity index (χ0v) is 22.1. The lowest BCUT2D eigenvalue weighted by molar-refractivity contribution is -0.0879. The van der Waals surface area contributed by atoms with E-state index in [0.29, 0.717) is 29.4 Å². The van der Waals surface area contributed by atoms with Gasteiger partial charge in [0, 0.05) is 23.5 Å². The van der Waals surface area contributed by atoms with Gasteiger partial charge < -0.3 is 11.1 Å². The van der Waals surface area contributed by atoms with E-state index < -0.39 is 17.7 Å². The van der Waals surface area contributed by atoms with Crippen molar-refractivity contribution in [1.82, 2.24) is 10.3 Å². The first-order valence-corrected chi connectivity index (χ1v) is 12.1. The number of nitrogens with one attached hydrogen (secondary N) is 1. The van der Waals surface area contributed by atoms with Crippen LogP contribution >= 0.6 is 11.6 Å². The van der Waals surface area contributed by atoms with Crippen molar-refractivity contribution in [2.75, 3.05) is 6.54 Å². The maximum absolute atomic E-state index is 12.0. The number of amides is 1. The van der Waals surface area contributed by atoms with Gasteiger partial charge in [-0.3, -0.25) is 9.79 Å². The molecule has 36 heavy (non-hydrogen) atoms. The van der Waals surface area contributed by atoms with Gasteiger partial charge in [-0.15, -0.1) is 0 Å². The van der Waals surface area contributed by atoms with E-state index in [1.165, 1.54) is 11.8 Å². The highest BCUT2D eigenvalue weighted by Crippen LogP contribution is 2.32. The van der Waals surface area contributed by atoms with Crippen LogP contribution in [-0.2, 0) is 13.0 Å². The molecule has 3 N–H and O–H groups in total. The number of pyridine rings is 1. The Morgan fingerprint density at radius 3 is 2.47 bits per heavy atom. The van der Waals surface area contributed by atoms with Crippen LogP contribution in [-0.4, -0.2) is 29.8 Å². The molecular formula is C27H34ClF3N4O. The first-order chi connectivity index (χ1) is 17.0. The second kappa shape index (κ2) is 14.6. The second-order valence-electron chi connectivity index (χ2n) is 7.63. The SMILES string of the molecule is C=C(/C=C(/CC)N=CC)C(F)(F)F.CC.Cc1cc(Cl)ccc1-c1cc(C(N)=O)nc2c1CCNC2. The van der Waals surface area contributed by atoms with Crippen LogP contribution in [0.4, 0.5) is 13.2 Å². The van der Waals surface area contributed by atoms with Gasteiger partial charge in [0.1, 0.15) is 5.69 Å². The van der Waals surface area contributed by atoms with Crippen LogP contribution in [0.25, 0.3) is 11.1 Å². The average molecular weight is 523 g/mol. The molecular weight excluding hydrogens is 489 g/mol. The lowest BCUT2D eigenvalue weighted by Gasteiger charge is -2.21. The number of hydrogen-bond acceptors (Lipinski definition) is 4. The van der Waals surface area contributed by atoms with E-state index in [4.69, 9.17) is 17.3 Å². The van der Waals surface area contributed by atoms with Gasteiger partial charge in [-0.1, -0.05) is 45.0 Å².